The number of rotatable bonds is 7. The molecule has 150 valence electrons. The van der Waals surface area contributed by atoms with E-state index in [1.54, 1.807) is 12.1 Å². The molecule has 2 heterocycles. The molecule has 0 saturated carbocycles. The number of carbonyl (C=O) groups excluding carboxylic acids is 2. The molecule has 29 heavy (non-hydrogen) atoms. The average molecular weight is 414 g/mol. The number of carboxylic acids is 1. The van der Waals surface area contributed by atoms with Gasteiger partial charge in [0.1, 0.15) is 17.7 Å². The normalized spacial score (nSPS) is 10.6. The Kier molecular flexibility index (Phi) is 6.03. The van der Waals surface area contributed by atoms with Crippen LogP contribution in [-0.2, 0) is 4.79 Å². The third-order valence-electron chi connectivity index (χ3n) is 3.98. The molecule has 0 bridgehead atoms. The molecule has 0 saturated heterocycles. The fourth-order valence-corrected chi connectivity index (χ4v) is 3.69. The number of fused-ring (bicyclic) bond motifs is 1. The summed E-state index contributed by atoms with van der Waals surface area (Å²) in [5, 5.41) is 14.4. The molecule has 3 N–H and O–H groups in total. The smallest absolute Gasteiger partial charge is 0.322 e. The van der Waals surface area contributed by atoms with Gasteiger partial charge in [-0.2, -0.15) is 0 Å². The minimum absolute atomic E-state index is 0.291. The number of amides is 2. The second-order valence-corrected chi connectivity index (χ2v) is 6.96. The van der Waals surface area contributed by atoms with E-state index in [-0.39, 0.29) is 5.91 Å². The third-order valence-corrected chi connectivity index (χ3v) is 5.18. The number of anilines is 1. The second-order valence-electron chi connectivity index (χ2n) is 5.96. The SMILES string of the molecule is CCOc1ncnc2sc(C(=O)Nc3ccc(C(=O)NCC(=O)O)cc3)c(C)c12. The van der Waals surface area contributed by atoms with Crippen LogP contribution < -0.4 is 15.4 Å². The third kappa shape index (κ3) is 4.49. The standard InChI is InChI=1S/C19H18N4O5S/c1-3-28-18-14-10(2)15(29-19(14)22-9-21-18)17(27)23-12-6-4-11(5-7-12)16(26)20-8-13(24)25/h4-7,9H,3,8H2,1-2H3,(H,20,26)(H,23,27)(H,24,25). The molecule has 0 aliphatic rings. The summed E-state index contributed by atoms with van der Waals surface area (Å²) in [6, 6.07) is 6.15. The van der Waals surface area contributed by atoms with Gasteiger partial charge in [-0.1, -0.05) is 0 Å². The van der Waals surface area contributed by atoms with Crippen molar-refractivity contribution < 1.29 is 24.2 Å². The van der Waals surface area contributed by atoms with E-state index >= 15 is 0 Å². The van der Waals surface area contributed by atoms with Crippen LogP contribution in [0.3, 0.4) is 0 Å². The van der Waals surface area contributed by atoms with E-state index in [2.05, 4.69) is 20.6 Å². The Hall–Kier alpha value is -3.53. The van der Waals surface area contributed by atoms with Gasteiger partial charge in [0, 0.05) is 11.3 Å². The summed E-state index contributed by atoms with van der Waals surface area (Å²) in [6.07, 6.45) is 1.40. The Morgan fingerprint density at radius 1 is 1.14 bits per heavy atom. The molecule has 10 heteroatoms. The van der Waals surface area contributed by atoms with Crippen molar-refractivity contribution in [2.75, 3.05) is 18.5 Å². The fraction of sp³-hybridized carbons (Fsp3) is 0.211. The van der Waals surface area contributed by atoms with Gasteiger partial charge in [-0.05, 0) is 43.7 Å². The van der Waals surface area contributed by atoms with Crippen molar-refractivity contribution in [3.05, 3.63) is 46.6 Å². The highest BCUT2D eigenvalue weighted by Gasteiger charge is 2.20. The first kappa shape index (κ1) is 20.2. The molecule has 0 fully saturated rings. The number of nitrogens with one attached hydrogen (secondary N) is 2. The van der Waals surface area contributed by atoms with E-state index < -0.39 is 18.4 Å². The molecule has 2 aromatic heterocycles. The molecule has 3 aromatic rings. The lowest BCUT2D eigenvalue weighted by Crippen LogP contribution is -2.29. The first-order chi connectivity index (χ1) is 13.9. The number of aryl methyl sites for hydroxylation is 1. The summed E-state index contributed by atoms with van der Waals surface area (Å²) < 4.78 is 5.53. The van der Waals surface area contributed by atoms with Crippen LogP contribution in [0.2, 0.25) is 0 Å². The Bertz CT molecular complexity index is 1080. The molecule has 0 aliphatic heterocycles. The molecule has 0 atom stereocenters. The van der Waals surface area contributed by atoms with E-state index in [0.29, 0.717) is 33.4 Å². The van der Waals surface area contributed by atoms with E-state index in [1.165, 1.54) is 29.8 Å². The maximum atomic E-state index is 12.7. The number of hydrogen-bond acceptors (Lipinski definition) is 7. The van der Waals surface area contributed by atoms with E-state index in [0.717, 1.165) is 10.9 Å². The van der Waals surface area contributed by atoms with Crippen LogP contribution >= 0.6 is 11.3 Å². The molecule has 1 aromatic carbocycles. The van der Waals surface area contributed by atoms with Crippen LogP contribution in [0.5, 0.6) is 5.88 Å². The molecule has 2 amide bonds. The zero-order valence-corrected chi connectivity index (χ0v) is 16.5. The van der Waals surface area contributed by atoms with Crippen molar-refractivity contribution in [2.24, 2.45) is 0 Å². The summed E-state index contributed by atoms with van der Waals surface area (Å²) in [5.74, 6) is -1.50. The van der Waals surface area contributed by atoms with Gasteiger partial charge >= 0.3 is 5.97 Å². The maximum absolute atomic E-state index is 12.7. The maximum Gasteiger partial charge on any atom is 0.322 e. The van der Waals surface area contributed by atoms with E-state index in [4.69, 9.17) is 9.84 Å². The topological polar surface area (TPSA) is 131 Å². The van der Waals surface area contributed by atoms with Crippen LogP contribution in [-0.4, -0.2) is 46.0 Å². The predicted octanol–water partition coefficient (Wildman–Crippen LogP) is 2.47. The lowest BCUT2D eigenvalue weighted by atomic mass is 10.1. The predicted molar refractivity (Wildman–Crippen MR) is 108 cm³/mol. The first-order valence-corrected chi connectivity index (χ1v) is 9.50. The van der Waals surface area contributed by atoms with E-state index in [9.17, 15) is 14.4 Å². The van der Waals surface area contributed by atoms with Crippen LogP contribution in [0, 0.1) is 6.92 Å². The Morgan fingerprint density at radius 3 is 2.52 bits per heavy atom. The van der Waals surface area contributed by atoms with Gasteiger partial charge in [0.25, 0.3) is 11.8 Å². The number of ether oxygens (including phenoxy) is 1. The van der Waals surface area contributed by atoms with Crippen molar-refractivity contribution in [1.29, 1.82) is 0 Å². The molecule has 0 aliphatic carbocycles. The fourth-order valence-electron chi connectivity index (χ4n) is 2.65. The number of aliphatic carboxylic acids is 1. The van der Waals surface area contributed by atoms with Gasteiger partial charge in [-0.3, -0.25) is 14.4 Å². The molecule has 9 nitrogen and oxygen atoms in total. The summed E-state index contributed by atoms with van der Waals surface area (Å²) in [4.78, 5) is 44.6. The van der Waals surface area contributed by atoms with Crippen LogP contribution in [0.1, 0.15) is 32.5 Å². The Labute approximate surface area is 169 Å². The summed E-state index contributed by atoms with van der Waals surface area (Å²) in [6.45, 7) is 3.66. The van der Waals surface area contributed by atoms with Crippen molar-refractivity contribution in [2.45, 2.75) is 13.8 Å². The number of nitrogens with zero attached hydrogens (tertiary/aromatic N) is 2. The molecule has 0 spiro atoms. The molecule has 3 rings (SSSR count). The van der Waals surface area contributed by atoms with Gasteiger partial charge in [-0.25, -0.2) is 9.97 Å². The number of thiophene rings is 1. The number of aromatic nitrogens is 2. The lowest BCUT2D eigenvalue weighted by molar-refractivity contribution is -0.135. The van der Waals surface area contributed by atoms with Crippen molar-refractivity contribution in [3.63, 3.8) is 0 Å². The molecular formula is C19H18N4O5S. The van der Waals surface area contributed by atoms with Crippen molar-refractivity contribution in [1.82, 2.24) is 15.3 Å². The summed E-state index contributed by atoms with van der Waals surface area (Å²) in [5.41, 5.74) is 1.52. The minimum atomic E-state index is -1.13. The molecular weight excluding hydrogens is 396 g/mol. The monoisotopic (exact) mass is 414 g/mol. The summed E-state index contributed by atoms with van der Waals surface area (Å²) in [7, 11) is 0. The highest BCUT2D eigenvalue weighted by atomic mass is 32.1. The van der Waals surface area contributed by atoms with Crippen LogP contribution in [0.25, 0.3) is 10.2 Å². The largest absolute Gasteiger partial charge is 0.480 e. The highest BCUT2D eigenvalue weighted by molar-refractivity contribution is 7.20. The number of carbonyl (C=O) groups is 3. The first-order valence-electron chi connectivity index (χ1n) is 8.69. The summed E-state index contributed by atoms with van der Waals surface area (Å²) >= 11 is 1.25. The zero-order chi connectivity index (χ0) is 21.0. The quantitative estimate of drug-likeness (QED) is 0.541. The van der Waals surface area contributed by atoms with Gasteiger partial charge in [0.2, 0.25) is 5.88 Å². The minimum Gasteiger partial charge on any atom is -0.480 e. The molecule has 0 radical (unpaired) electrons. The molecule has 0 unspecified atom stereocenters. The number of carboxylic acid groups (broad SMARTS) is 1. The van der Waals surface area contributed by atoms with Crippen molar-refractivity contribution >= 4 is 45.0 Å². The van der Waals surface area contributed by atoms with Gasteiger partial charge in [-0.15, -0.1) is 11.3 Å². The van der Waals surface area contributed by atoms with Crippen LogP contribution in [0.4, 0.5) is 5.69 Å². The van der Waals surface area contributed by atoms with Crippen molar-refractivity contribution in [3.8, 4) is 5.88 Å². The number of benzene rings is 1. The number of hydrogen-bond donors (Lipinski definition) is 3. The zero-order valence-electron chi connectivity index (χ0n) is 15.7. The Morgan fingerprint density at radius 2 is 1.86 bits per heavy atom. The lowest BCUT2D eigenvalue weighted by Gasteiger charge is -2.07. The Balaban J connectivity index is 1.77. The van der Waals surface area contributed by atoms with Crippen LogP contribution in [0.15, 0.2) is 30.6 Å². The van der Waals surface area contributed by atoms with Gasteiger partial charge in [0.15, 0.2) is 0 Å². The van der Waals surface area contributed by atoms with Gasteiger partial charge in [0.05, 0.1) is 16.9 Å². The second kappa shape index (κ2) is 8.65. The average Bonchev–Trinajstić information content (AvgIpc) is 3.04. The van der Waals surface area contributed by atoms with E-state index in [1.807, 2.05) is 13.8 Å². The highest BCUT2D eigenvalue weighted by Crippen LogP contribution is 2.34. The van der Waals surface area contributed by atoms with Gasteiger partial charge < -0.3 is 20.5 Å².